The van der Waals surface area contributed by atoms with Gasteiger partial charge in [-0.3, -0.25) is 4.90 Å². The van der Waals surface area contributed by atoms with Gasteiger partial charge in [0.1, 0.15) is 17.4 Å². The molecule has 5 heteroatoms. The molecule has 126 valence electrons. The van der Waals surface area contributed by atoms with E-state index in [-0.39, 0.29) is 17.9 Å². The van der Waals surface area contributed by atoms with E-state index in [1.807, 2.05) is 17.0 Å². The maximum atomic E-state index is 13.7. The van der Waals surface area contributed by atoms with Gasteiger partial charge in [0.05, 0.1) is 6.10 Å². The lowest BCUT2D eigenvalue weighted by Gasteiger charge is -2.28. The zero-order valence-corrected chi connectivity index (χ0v) is 13.1. The fourth-order valence-corrected chi connectivity index (χ4v) is 2.93. The van der Waals surface area contributed by atoms with E-state index in [0.29, 0.717) is 6.54 Å². The Morgan fingerprint density at radius 3 is 2.50 bits per heavy atom. The van der Waals surface area contributed by atoms with Crippen molar-refractivity contribution in [3.8, 4) is 5.75 Å². The summed E-state index contributed by atoms with van der Waals surface area (Å²) >= 11 is 0. The van der Waals surface area contributed by atoms with Crippen molar-refractivity contribution in [1.29, 1.82) is 0 Å². The third kappa shape index (κ3) is 3.80. The second-order valence-electron chi connectivity index (χ2n) is 5.97. The molecule has 0 spiro atoms. The molecule has 2 N–H and O–H groups in total. The van der Waals surface area contributed by atoms with Crippen molar-refractivity contribution in [3.05, 3.63) is 71.3 Å². The Labute approximate surface area is 139 Å². The fourth-order valence-electron chi connectivity index (χ4n) is 2.93. The molecular weight excluding hydrogens is 312 g/mol. The third-order valence-corrected chi connectivity index (χ3v) is 4.28. The first-order chi connectivity index (χ1) is 11.5. The molecule has 0 aliphatic carbocycles. The van der Waals surface area contributed by atoms with Crippen molar-refractivity contribution in [1.82, 2.24) is 4.90 Å². The molecule has 3 rings (SSSR count). The van der Waals surface area contributed by atoms with Crippen LogP contribution in [0.4, 0.5) is 8.78 Å². The number of halogens is 2. The lowest BCUT2D eigenvalue weighted by atomic mass is 9.99. The monoisotopic (exact) mass is 331 g/mol. The first-order valence-corrected chi connectivity index (χ1v) is 7.87. The van der Waals surface area contributed by atoms with Gasteiger partial charge in [-0.05, 0) is 47.9 Å². The molecule has 2 aromatic rings. The molecule has 2 aromatic carbocycles. The topological polar surface area (TPSA) is 43.7 Å². The number of aliphatic hydroxyl groups is 1. The van der Waals surface area contributed by atoms with Crippen LogP contribution in [0.5, 0.6) is 5.75 Å². The highest BCUT2D eigenvalue weighted by molar-refractivity contribution is 5.67. The molecule has 1 atom stereocenters. The highest BCUT2D eigenvalue weighted by Gasteiger charge is 2.20. The molecule has 0 saturated carbocycles. The number of rotatable bonds is 4. The van der Waals surface area contributed by atoms with Gasteiger partial charge >= 0.3 is 0 Å². The lowest BCUT2D eigenvalue weighted by Crippen LogP contribution is -2.32. The Balaban J connectivity index is 1.64. The summed E-state index contributed by atoms with van der Waals surface area (Å²) in [5, 5.41) is 19.5. The van der Waals surface area contributed by atoms with Crippen LogP contribution in [0.1, 0.15) is 23.7 Å². The van der Waals surface area contributed by atoms with Crippen LogP contribution in [0, 0.1) is 11.6 Å². The molecule has 0 saturated heterocycles. The Bertz CT molecular complexity index is 744. The minimum atomic E-state index is -1.07. The van der Waals surface area contributed by atoms with Crippen LogP contribution in [-0.4, -0.2) is 34.7 Å². The summed E-state index contributed by atoms with van der Waals surface area (Å²) < 4.78 is 26.9. The number of β-amino-alcohol motifs (C(OH)–C–C–N with tert-alkyl or cyclic N) is 1. The molecule has 1 aliphatic heterocycles. The van der Waals surface area contributed by atoms with E-state index in [1.165, 1.54) is 5.57 Å². The highest BCUT2D eigenvalue weighted by atomic mass is 19.1. The van der Waals surface area contributed by atoms with Crippen molar-refractivity contribution in [2.24, 2.45) is 0 Å². The highest BCUT2D eigenvalue weighted by Crippen LogP contribution is 2.26. The number of benzene rings is 2. The van der Waals surface area contributed by atoms with Gasteiger partial charge in [0.2, 0.25) is 0 Å². The lowest BCUT2D eigenvalue weighted by molar-refractivity contribution is 0.115. The van der Waals surface area contributed by atoms with Crippen molar-refractivity contribution in [3.63, 3.8) is 0 Å². The molecule has 0 radical (unpaired) electrons. The van der Waals surface area contributed by atoms with Crippen LogP contribution in [0.15, 0.2) is 48.5 Å². The number of hydrogen-bond donors (Lipinski definition) is 2. The van der Waals surface area contributed by atoms with E-state index < -0.39 is 17.7 Å². The van der Waals surface area contributed by atoms with Crippen molar-refractivity contribution in [2.75, 3.05) is 19.6 Å². The van der Waals surface area contributed by atoms with E-state index in [9.17, 15) is 19.0 Å². The van der Waals surface area contributed by atoms with E-state index >= 15 is 0 Å². The third-order valence-electron chi connectivity index (χ3n) is 4.28. The van der Waals surface area contributed by atoms with Crippen molar-refractivity contribution in [2.45, 2.75) is 12.5 Å². The zero-order valence-electron chi connectivity index (χ0n) is 13.1. The SMILES string of the molecule is Oc1ccc(C2=CCN(CC(O)c3cc(F)ccc3F)CC2)cc1. The van der Waals surface area contributed by atoms with E-state index in [4.69, 9.17) is 0 Å². The summed E-state index contributed by atoms with van der Waals surface area (Å²) in [4.78, 5) is 2.00. The Kier molecular flexibility index (Phi) is 4.92. The fraction of sp³-hybridized carbons (Fsp3) is 0.263. The van der Waals surface area contributed by atoms with Gasteiger partial charge in [-0.1, -0.05) is 18.2 Å². The molecule has 0 bridgehead atoms. The molecule has 1 unspecified atom stereocenters. The minimum Gasteiger partial charge on any atom is -0.508 e. The first-order valence-electron chi connectivity index (χ1n) is 7.87. The maximum absolute atomic E-state index is 13.7. The predicted octanol–water partition coefficient (Wildman–Crippen LogP) is 3.49. The van der Waals surface area contributed by atoms with Crippen molar-refractivity contribution < 1.29 is 19.0 Å². The molecule has 0 aromatic heterocycles. The summed E-state index contributed by atoms with van der Waals surface area (Å²) in [5.74, 6) is -0.920. The van der Waals surface area contributed by atoms with Gasteiger partial charge in [0.25, 0.3) is 0 Å². The molecule has 0 fully saturated rings. The quantitative estimate of drug-likeness (QED) is 0.901. The Morgan fingerprint density at radius 2 is 1.83 bits per heavy atom. The van der Waals surface area contributed by atoms with Gasteiger partial charge in [0, 0.05) is 25.2 Å². The molecule has 3 nitrogen and oxygen atoms in total. The largest absolute Gasteiger partial charge is 0.508 e. The standard InChI is InChI=1S/C19H19F2NO2/c20-15-3-6-18(21)17(11-15)19(24)12-22-9-7-14(8-10-22)13-1-4-16(23)5-2-13/h1-7,11,19,23-24H,8-10,12H2. The number of hydrogen-bond acceptors (Lipinski definition) is 3. The van der Waals surface area contributed by atoms with Crippen LogP contribution >= 0.6 is 0 Å². The van der Waals surface area contributed by atoms with E-state index in [2.05, 4.69) is 6.08 Å². The number of phenols is 1. The number of phenolic OH excluding ortho intramolecular Hbond substituents is 1. The first kappa shape index (κ1) is 16.6. The molecule has 1 heterocycles. The van der Waals surface area contributed by atoms with Crippen LogP contribution < -0.4 is 0 Å². The van der Waals surface area contributed by atoms with Crippen molar-refractivity contribution >= 4 is 5.57 Å². The van der Waals surface area contributed by atoms with Gasteiger partial charge in [-0.2, -0.15) is 0 Å². The Hall–Kier alpha value is -2.24. The molecule has 0 amide bonds. The normalized spacial score (nSPS) is 16.7. The summed E-state index contributed by atoms with van der Waals surface area (Å²) in [5.41, 5.74) is 2.23. The molecule has 24 heavy (non-hydrogen) atoms. The van der Waals surface area contributed by atoms with Gasteiger partial charge in [-0.25, -0.2) is 8.78 Å². The second kappa shape index (κ2) is 7.11. The van der Waals surface area contributed by atoms with E-state index in [0.717, 1.165) is 36.7 Å². The summed E-state index contributed by atoms with van der Waals surface area (Å²) in [6.07, 6.45) is 1.79. The van der Waals surface area contributed by atoms with Crippen LogP contribution in [-0.2, 0) is 0 Å². The maximum Gasteiger partial charge on any atom is 0.129 e. The predicted molar refractivity (Wildman–Crippen MR) is 88.5 cm³/mol. The van der Waals surface area contributed by atoms with Crippen LogP contribution in [0.25, 0.3) is 5.57 Å². The average Bonchev–Trinajstić information content (AvgIpc) is 2.58. The second-order valence-corrected chi connectivity index (χ2v) is 5.97. The smallest absolute Gasteiger partial charge is 0.129 e. The number of nitrogens with zero attached hydrogens (tertiary/aromatic N) is 1. The Morgan fingerprint density at radius 1 is 1.08 bits per heavy atom. The van der Waals surface area contributed by atoms with E-state index in [1.54, 1.807) is 12.1 Å². The summed E-state index contributed by atoms with van der Waals surface area (Å²) in [6, 6.07) is 10.2. The average molecular weight is 331 g/mol. The van der Waals surface area contributed by atoms with Gasteiger partial charge in [0.15, 0.2) is 0 Å². The molecular formula is C19H19F2NO2. The van der Waals surface area contributed by atoms with Crippen LogP contribution in [0.2, 0.25) is 0 Å². The summed E-state index contributed by atoms with van der Waals surface area (Å²) in [6.45, 7) is 1.60. The van der Waals surface area contributed by atoms with Gasteiger partial charge < -0.3 is 10.2 Å². The molecule has 1 aliphatic rings. The number of aliphatic hydroxyl groups excluding tert-OH is 1. The van der Waals surface area contributed by atoms with Gasteiger partial charge in [-0.15, -0.1) is 0 Å². The zero-order chi connectivity index (χ0) is 17.1. The number of aromatic hydroxyl groups is 1. The summed E-state index contributed by atoms with van der Waals surface area (Å²) in [7, 11) is 0. The minimum absolute atomic E-state index is 0.0108. The van der Waals surface area contributed by atoms with Crippen LogP contribution in [0.3, 0.4) is 0 Å².